The van der Waals surface area contributed by atoms with Crippen molar-refractivity contribution in [3.05, 3.63) is 0 Å². The van der Waals surface area contributed by atoms with E-state index >= 15 is 0 Å². The Morgan fingerprint density at radius 2 is 1.89 bits per heavy atom. The summed E-state index contributed by atoms with van der Waals surface area (Å²) in [5.74, 6) is -0.400. The molecule has 0 heterocycles. The third-order valence-electron chi connectivity index (χ3n) is 3.14. The smallest absolute Gasteiger partial charge is 0.407 e. The molecule has 19 heavy (non-hydrogen) atoms. The fourth-order valence-corrected chi connectivity index (χ4v) is 2.22. The summed E-state index contributed by atoms with van der Waals surface area (Å²) in [7, 11) is 1.37. The van der Waals surface area contributed by atoms with E-state index < -0.39 is 11.7 Å². The van der Waals surface area contributed by atoms with Gasteiger partial charge in [0.15, 0.2) is 0 Å². The molecule has 1 aliphatic rings. The number of alkyl carbamates (subject to hydrolysis) is 1. The summed E-state index contributed by atoms with van der Waals surface area (Å²) < 4.78 is 9.90. The van der Waals surface area contributed by atoms with E-state index in [1.807, 2.05) is 0 Å². The molecule has 0 aromatic rings. The van der Waals surface area contributed by atoms with E-state index in [9.17, 15) is 9.59 Å². The van der Waals surface area contributed by atoms with E-state index in [1.54, 1.807) is 20.8 Å². The molecule has 1 amide bonds. The molecule has 1 fully saturated rings. The van der Waals surface area contributed by atoms with Crippen LogP contribution in [-0.4, -0.2) is 36.9 Å². The molecule has 6 nitrogen and oxygen atoms in total. The number of carbonyl (C=O) groups is 2. The first-order valence-corrected chi connectivity index (χ1v) is 6.56. The van der Waals surface area contributed by atoms with E-state index in [2.05, 4.69) is 5.32 Å². The third kappa shape index (κ3) is 5.06. The standard InChI is InChI=1S/C13H24N2O4/c1-13(2,3)19-12(17)15-10-6-5-8(7-9(10)14)11(16)18-4/h8-10H,5-7,14H2,1-4H3,(H,15,17). The number of carbonyl (C=O) groups excluding carboxylic acids is 2. The predicted octanol–water partition coefficient (Wildman–Crippen LogP) is 1.18. The van der Waals surface area contributed by atoms with Gasteiger partial charge in [-0.1, -0.05) is 0 Å². The highest BCUT2D eigenvalue weighted by atomic mass is 16.6. The first-order valence-electron chi connectivity index (χ1n) is 6.56. The van der Waals surface area contributed by atoms with Crippen molar-refractivity contribution >= 4 is 12.1 Å². The number of methoxy groups -OCH3 is 1. The van der Waals surface area contributed by atoms with Gasteiger partial charge >= 0.3 is 12.1 Å². The molecule has 0 saturated heterocycles. The molecule has 0 bridgehead atoms. The van der Waals surface area contributed by atoms with Crippen LogP contribution in [0.5, 0.6) is 0 Å². The lowest BCUT2D eigenvalue weighted by atomic mass is 9.83. The Morgan fingerprint density at radius 3 is 2.37 bits per heavy atom. The molecule has 0 aromatic carbocycles. The van der Waals surface area contributed by atoms with Gasteiger partial charge in [0.25, 0.3) is 0 Å². The zero-order valence-corrected chi connectivity index (χ0v) is 12.1. The van der Waals surface area contributed by atoms with Gasteiger partial charge in [0.2, 0.25) is 0 Å². The molecule has 0 aromatic heterocycles. The summed E-state index contributed by atoms with van der Waals surface area (Å²) in [5, 5.41) is 2.76. The molecule has 3 N–H and O–H groups in total. The van der Waals surface area contributed by atoms with Crippen LogP contribution in [0.15, 0.2) is 0 Å². The van der Waals surface area contributed by atoms with Crippen molar-refractivity contribution in [3.63, 3.8) is 0 Å². The normalized spacial score (nSPS) is 27.5. The molecular weight excluding hydrogens is 248 g/mol. The molecule has 1 rings (SSSR count). The van der Waals surface area contributed by atoms with Gasteiger partial charge in [0.1, 0.15) is 5.60 Å². The van der Waals surface area contributed by atoms with Crippen molar-refractivity contribution in [2.24, 2.45) is 11.7 Å². The molecular formula is C13H24N2O4. The summed E-state index contributed by atoms with van der Waals surface area (Å²) in [6.45, 7) is 5.42. The second-order valence-electron chi connectivity index (χ2n) is 5.95. The predicted molar refractivity (Wildman–Crippen MR) is 70.5 cm³/mol. The first kappa shape index (κ1) is 15.8. The third-order valence-corrected chi connectivity index (χ3v) is 3.14. The average molecular weight is 272 g/mol. The highest BCUT2D eigenvalue weighted by Crippen LogP contribution is 2.25. The Balaban J connectivity index is 2.46. The van der Waals surface area contributed by atoms with Crippen molar-refractivity contribution in [3.8, 4) is 0 Å². The minimum absolute atomic E-state index is 0.157. The minimum Gasteiger partial charge on any atom is -0.469 e. The zero-order valence-electron chi connectivity index (χ0n) is 12.1. The van der Waals surface area contributed by atoms with E-state index in [4.69, 9.17) is 15.2 Å². The number of esters is 1. The van der Waals surface area contributed by atoms with E-state index in [1.165, 1.54) is 7.11 Å². The van der Waals surface area contributed by atoms with Gasteiger partial charge in [-0.3, -0.25) is 4.79 Å². The number of nitrogens with two attached hydrogens (primary N) is 1. The first-order chi connectivity index (χ1) is 8.73. The maximum Gasteiger partial charge on any atom is 0.407 e. The quantitative estimate of drug-likeness (QED) is 0.737. The molecule has 3 atom stereocenters. The van der Waals surface area contributed by atoms with E-state index in [-0.39, 0.29) is 24.0 Å². The van der Waals surface area contributed by atoms with Gasteiger partial charge in [-0.05, 0) is 40.0 Å². The van der Waals surface area contributed by atoms with Crippen molar-refractivity contribution in [1.82, 2.24) is 5.32 Å². The van der Waals surface area contributed by atoms with Gasteiger partial charge in [0, 0.05) is 12.1 Å². The maximum absolute atomic E-state index is 11.7. The van der Waals surface area contributed by atoms with Gasteiger partial charge in [-0.2, -0.15) is 0 Å². The lowest BCUT2D eigenvalue weighted by Gasteiger charge is -2.33. The Hall–Kier alpha value is -1.30. The molecule has 0 aliphatic heterocycles. The maximum atomic E-state index is 11.7. The Bertz CT molecular complexity index is 338. The largest absolute Gasteiger partial charge is 0.469 e. The summed E-state index contributed by atoms with van der Waals surface area (Å²) in [6, 6.07) is -0.416. The van der Waals surface area contributed by atoms with Gasteiger partial charge in [0.05, 0.1) is 13.0 Å². The number of rotatable bonds is 2. The van der Waals surface area contributed by atoms with E-state index in [0.717, 1.165) is 0 Å². The van der Waals surface area contributed by atoms with Gasteiger partial charge in [-0.25, -0.2) is 4.79 Å². The topological polar surface area (TPSA) is 90.6 Å². The molecule has 0 radical (unpaired) electrons. The molecule has 6 heteroatoms. The van der Waals surface area contributed by atoms with Crippen LogP contribution in [0.2, 0.25) is 0 Å². The molecule has 110 valence electrons. The van der Waals surface area contributed by atoms with Crippen molar-refractivity contribution in [2.45, 2.75) is 57.7 Å². The second kappa shape index (κ2) is 6.23. The van der Waals surface area contributed by atoms with Crippen molar-refractivity contribution < 1.29 is 19.1 Å². The summed E-state index contributed by atoms with van der Waals surface area (Å²) >= 11 is 0. The Kier molecular flexibility index (Phi) is 5.17. The van der Waals surface area contributed by atoms with Crippen LogP contribution in [0.1, 0.15) is 40.0 Å². The molecule has 1 saturated carbocycles. The van der Waals surface area contributed by atoms with Crippen molar-refractivity contribution in [2.75, 3.05) is 7.11 Å². The second-order valence-corrected chi connectivity index (χ2v) is 5.95. The zero-order chi connectivity index (χ0) is 14.6. The summed E-state index contributed by atoms with van der Waals surface area (Å²) in [5.41, 5.74) is 5.47. The monoisotopic (exact) mass is 272 g/mol. The fourth-order valence-electron chi connectivity index (χ4n) is 2.22. The van der Waals surface area contributed by atoms with Crippen LogP contribution in [-0.2, 0) is 14.3 Å². The molecule has 1 aliphatic carbocycles. The van der Waals surface area contributed by atoms with Crippen LogP contribution in [0, 0.1) is 5.92 Å². The number of hydrogen-bond donors (Lipinski definition) is 2. The van der Waals surface area contributed by atoms with Gasteiger partial charge in [-0.15, -0.1) is 0 Å². The van der Waals surface area contributed by atoms with Crippen LogP contribution in [0.25, 0.3) is 0 Å². The van der Waals surface area contributed by atoms with E-state index in [0.29, 0.717) is 19.3 Å². The minimum atomic E-state index is -0.530. The van der Waals surface area contributed by atoms with Crippen LogP contribution in [0.4, 0.5) is 4.79 Å². The number of ether oxygens (including phenoxy) is 2. The summed E-state index contributed by atoms with van der Waals surface area (Å²) in [4.78, 5) is 23.1. The number of hydrogen-bond acceptors (Lipinski definition) is 5. The highest BCUT2D eigenvalue weighted by molar-refractivity contribution is 5.72. The highest BCUT2D eigenvalue weighted by Gasteiger charge is 2.33. The SMILES string of the molecule is COC(=O)C1CCC(NC(=O)OC(C)(C)C)C(N)C1. The molecule has 3 unspecified atom stereocenters. The van der Waals surface area contributed by atoms with Gasteiger partial charge < -0.3 is 20.5 Å². The number of nitrogens with one attached hydrogen (secondary N) is 1. The van der Waals surface area contributed by atoms with Crippen LogP contribution >= 0.6 is 0 Å². The average Bonchev–Trinajstić information content (AvgIpc) is 2.28. The van der Waals surface area contributed by atoms with Crippen LogP contribution in [0.3, 0.4) is 0 Å². The fraction of sp³-hybridized carbons (Fsp3) is 0.846. The lowest BCUT2D eigenvalue weighted by molar-refractivity contribution is -0.146. The Labute approximate surface area is 114 Å². The van der Waals surface area contributed by atoms with Crippen molar-refractivity contribution in [1.29, 1.82) is 0 Å². The molecule has 0 spiro atoms. The van der Waals surface area contributed by atoms with Crippen LogP contribution < -0.4 is 11.1 Å². The number of amides is 1. The summed E-state index contributed by atoms with van der Waals surface area (Å²) in [6.07, 6.45) is 1.37. The lowest BCUT2D eigenvalue weighted by Crippen LogP contribution is -2.52. The Morgan fingerprint density at radius 1 is 1.26 bits per heavy atom.